The molecule has 0 aliphatic carbocycles. The number of aliphatic imine (C=N–C) groups is 1. The number of rotatable bonds is 5. The minimum atomic E-state index is 0.182. The van der Waals surface area contributed by atoms with E-state index in [-0.39, 0.29) is 5.96 Å². The van der Waals surface area contributed by atoms with Crippen LogP contribution in [0.2, 0.25) is 0 Å². The molecule has 0 radical (unpaired) electrons. The Balaban J connectivity index is 2.08. The molecule has 1 aromatic carbocycles. The van der Waals surface area contributed by atoms with Crippen LogP contribution in [0.5, 0.6) is 0 Å². The van der Waals surface area contributed by atoms with Gasteiger partial charge in [-0.1, -0.05) is 18.2 Å². The van der Waals surface area contributed by atoms with E-state index in [1.807, 2.05) is 0 Å². The second kappa shape index (κ2) is 5.78. The lowest BCUT2D eigenvalue weighted by Crippen LogP contribution is -2.22. The third kappa shape index (κ3) is 2.89. The van der Waals surface area contributed by atoms with E-state index in [9.17, 15) is 0 Å². The number of hydrogen-bond donors (Lipinski definition) is 2. The van der Waals surface area contributed by atoms with Crippen LogP contribution in [0, 0.1) is 6.92 Å². The van der Waals surface area contributed by atoms with Gasteiger partial charge in [0.2, 0.25) is 0 Å². The molecule has 0 saturated heterocycles. The summed E-state index contributed by atoms with van der Waals surface area (Å²) in [5, 5.41) is 1.37. The van der Waals surface area contributed by atoms with Gasteiger partial charge in [-0.15, -0.1) is 0 Å². The van der Waals surface area contributed by atoms with Crippen molar-refractivity contribution in [1.82, 2.24) is 4.57 Å². The number of aromatic nitrogens is 1. The molecular weight excluding hydrogens is 236 g/mol. The fourth-order valence-electron chi connectivity index (χ4n) is 2.54. The normalized spacial score (nSPS) is 10.8. The smallest absolute Gasteiger partial charge is 0.185 e. The fourth-order valence-corrected chi connectivity index (χ4v) is 2.54. The molecule has 0 bridgehead atoms. The summed E-state index contributed by atoms with van der Waals surface area (Å²) in [6.07, 6.45) is 3.19. The molecule has 0 saturated carbocycles. The SMILES string of the molecule is Cc1c(CCCCN=C(N)N)c2ccccc2n1C. The summed E-state index contributed by atoms with van der Waals surface area (Å²) in [6.45, 7) is 2.90. The van der Waals surface area contributed by atoms with E-state index >= 15 is 0 Å². The van der Waals surface area contributed by atoms with Gasteiger partial charge in [0.25, 0.3) is 0 Å². The number of nitrogens with two attached hydrogens (primary N) is 2. The van der Waals surface area contributed by atoms with E-state index < -0.39 is 0 Å². The van der Waals surface area contributed by atoms with Crippen LogP contribution in [-0.4, -0.2) is 17.1 Å². The molecule has 1 heterocycles. The van der Waals surface area contributed by atoms with Crippen LogP contribution in [0.25, 0.3) is 10.9 Å². The van der Waals surface area contributed by atoms with Gasteiger partial charge in [0.1, 0.15) is 0 Å². The van der Waals surface area contributed by atoms with Gasteiger partial charge < -0.3 is 16.0 Å². The highest BCUT2D eigenvalue weighted by Gasteiger charge is 2.10. The van der Waals surface area contributed by atoms with Gasteiger partial charge in [0.15, 0.2) is 5.96 Å². The van der Waals surface area contributed by atoms with E-state index in [0.717, 1.165) is 19.3 Å². The molecule has 2 aromatic rings. The number of guanidine groups is 1. The minimum absolute atomic E-state index is 0.182. The van der Waals surface area contributed by atoms with Crippen LogP contribution in [0.3, 0.4) is 0 Å². The average Bonchev–Trinajstić information content (AvgIpc) is 2.63. The van der Waals surface area contributed by atoms with Gasteiger partial charge in [-0.2, -0.15) is 0 Å². The van der Waals surface area contributed by atoms with Gasteiger partial charge in [0, 0.05) is 30.2 Å². The zero-order valence-electron chi connectivity index (χ0n) is 11.7. The molecule has 2 rings (SSSR count). The second-order valence-corrected chi connectivity index (χ2v) is 4.90. The Morgan fingerprint density at radius 3 is 2.68 bits per heavy atom. The lowest BCUT2D eigenvalue weighted by Gasteiger charge is -2.02. The fraction of sp³-hybridized carbons (Fsp3) is 0.400. The topological polar surface area (TPSA) is 69.3 Å². The summed E-state index contributed by atoms with van der Waals surface area (Å²) in [5.74, 6) is 0.182. The number of hydrogen-bond acceptors (Lipinski definition) is 1. The molecule has 102 valence electrons. The Labute approximate surface area is 114 Å². The average molecular weight is 258 g/mol. The van der Waals surface area contributed by atoms with Gasteiger partial charge >= 0.3 is 0 Å². The first-order valence-corrected chi connectivity index (χ1v) is 6.69. The van der Waals surface area contributed by atoms with Crippen molar-refractivity contribution in [3.8, 4) is 0 Å². The highest BCUT2D eigenvalue weighted by atomic mass is 15.0. The van der Waals surface area contributed by atoms with Gasteiger partial charge in [-0.3, -0.25) is 4.99 Å². The van der Waals surface area contributed by atoms with Crippen LogP contribution in [0.1, 0.15) is 24.1 Å². The molecular formula is C15H22N4. The van der Waals surface area contributed by atoms with Gasteiger partial charge in [-0.25, -0.2) is 0 Å². The van der Waals surface area contributed by atoms with E-state index in [1.165, 1.54) is 22.2 Å². The summed E-state index contributed by atoms with van der Waals surface area (Å²) < 4.78 is 2.26. The molecule has 0 unspecified atom stereocenters. The van der Waals surface area contributed by atoms with Crippen molar-refractivity contribution in [3.63, 3.8) is 0 Å². The molecule has 0 aliphatic heterocycles. The molecule has 0 atom stereocenters. The molecule has 4 nitrogen and oxygen atoms in total. The minimum Gasteiger partial charge on any atom is -0.370 e. The van der Waals surface area contributed by atoms with Crippen molar-refractivity contribution in [2.45, 2.75) is 26.2 Å². The standard InChI is InChI=1S/C15H22N4/c1-11-12(7-5-6-10-18-15(16)17)13-8-3-4-9-14(13)19(11)2/h3-4,8-9H,5-7,10H2,1-2H3,(H4,16,17,18). The van der Waals surface area contributed by atoms with Crippen molar-refractivity contribution in [2.24, 2.45) is 23.5 Å². The van der Waals surface area contributed by atoms with Gasteiger partial charge in [0.05, 0.1) is 0 Å². The Hall–Kier alpha value is -1.97. The molecule has 0 spiro atoms. The van der Waals surface area contributed by atoms with Crippen molar-refractivity contribution >= 4 is 16.9 Å². The third-order valence-electron chi connectivity index (χ3n) is 3.66. The van der Waals surface area contributed by atoms with E-state index in [4.69, 9.17) is 11.5 Å². The van der Waals surface area contributed by atoms with E-state index in [2.05, 4.69) is 47.8 Å². The lowest BCUT2D eigenvalue weighted by atomic mass is 10.0. The molecule has 0 amide bonds. The predicted octanol–water partition coefficient (Wildman–Crippen LogP) is 2.08. The largest absolute Gasteiger partial charge is 0.370 e. The summed E-state index contributed by atoms with van der Waals surface area (Å²) in [7, 11) is 2.13. The summed E-state index contributed by atoms with van der Waals surface area (Å²) >= 11 is 0. The number of para-hydroxylation sites is 1. The Morgan fingerprint density at radius 2 is 1.95 bits per heavy atom. The van der Waals surface area contributed by atoms with Crippen molar-refractivity contribution in [2.75, 3.05) is 6.54 Å². The first-order chi connectivity index (χ1) is 9.11. The van der Waals surface area contributed by atoms with Crippen molar-refractivity contribution < 1.29 is 0 Å². The highest BCUT2D eigenvalue weighted by Crippen LogP contribution is 2.26. The van der Waals surface area contributed by atoms with E-state index in [1.54, 1.807) is 0 Å². The van der Waals surface area contributed by atoms with Crippen LogP contribution in [0.4, 0.5) is 0 Å². The van der Waals surface area contributed by atoms with Crippen molar-refractivity contribution in [1.29, 1.82) is 0 Å². The predicted molar refractivity (Wildman–Crippen MR) is 81.3 cm³/mol. The molecule has 0 fully saturated rings. The number of aryl methyl sites for hydroxylation is 2. The molecule has 4 heteroatoms. The summed E-state index contributed by atoms with van der Waals surface area (Å²) in [6, 6.07) is 8.56. The Bertz CT molecular complexity index is 591. The molecule has 19 heavy (non-hydrogen) atoms. The molecule has 4 N–H and O–H groups in total. The lowest BCUT2D eigenvalue weighted by molar-refractivity contribution is 0.740. The first-order valence-electron chi connectivity index (χ1n) is 6.69. The number of nitrogens with zero attached hydrogens (tertiary/aromatic N) is 2. The number of fused-ring (bicyclic) bond motifs is 1. The number of benzene rings is 1. The Kier molecular flexibility index (Phi) is 4.10. The third-order valence-corrected chi connectivity index (χ3v) is 3.66. The Morgan fingerprint density at radius 1 is 1.21 bits per heavy atom. The van der Waals surface area contributed by atoms with Crippen LogP contribution < -0.4 is 11.5 Å². The zero-order valence-corrected chi connectivity index (χ0v) is 11.7. The summed E-state index contributed by atoms with van der Waals surface area (Å²) in [5.41, 5.74) is 14.7. The molecule has 0 aliphatic rings. The number of unbranched alkanes of at least 4 members (excludes halogenated alkanes) is 1. The maximum atomic E-state index is 5.31. The van der Waals surface area contributed by atoms with E-state index in [0.29, 0.717) is 6.54 Å². The maximum Gasteiger partial charge on any atom is 0.185 e. The van der Waals surface area contributed by atoms with Crippen LogP contribution in [0.15, 0.2) is 29.3 Å². The highest BCUT2D eigenvalue weighted by molar-refractivity contribution is 5.85. The second-order valence-electron chi connectivity index (χ2n) is 4.90. The maximum absolute atomic E-state index is 5.31. The molecule has 1 aromatic heterocycles. The van der Waals surface area contributed by atoms with Gasteiger partial charge in [-0.05, 0) is 37.8 Å². The van der Waals surface area contributed by atoms with Crippen molar-refractivity contribution in [3.05, 3.63) is 35.5 Å². The first kappa shape index (κ1) is 13.5. The van der Waals surface area contributed by atoms with Crippen LogP contribution in [-0.2, 0) is 13.5 Å². The zero-order chi connectivity index (χ0) is 13.8. The quantitative estimate of drug-likeness (QED) is 0.490. The van der Waals surface area contributed by atoms with Crippen LogP contribution >= 0.6 is 0 Å². The summed E-state index contributed by atoms with van der Waals surface area (Å²) in [4.78, 5) is 4.01. The monoisotopic (exact) mass is 258 g/mol.